The first-order valence-electron chi connectivity index (χ1n) is 21.0. The second-order valence-electron chi connectivity index (χ2n) is 14.0. The molecule has 13 nitrogen and oxygen atoms in total. The third-order valence-corrected chi connectivity index (χ3v) is 7.75. The zero-order valence-electron chi connectivity index (χ0n) is 35.1. The summed E-state index contributed by atoms with van der Waals surface area (Å²) in [6, 6.07) is 0. The molecule has 0 amide bonds. The molecule has 0 aromatic heterocycles. The molecule has 324 valence electrons. The van der Waals surface area contributed by atoms with Gasteiger partial charge in [-0.1, -0.05) is 84.0 Å². The van der Waals surface area contributed by atoms with Crippen LogP contribution in [0.4, 0.5) is 0 Å². The summed E-state index contributed by atoms with van der Waals surface area (Å²) < 4.78 is 65.5. The van der Waals surface area contributed by atoms with Crippen molar-refractivity contribution in [2.45, 2.75) is 117 Å². The van der Waals surface area contributed by atoms with Crippen molar-refractivity contribution in [3.8, 4) is 0 Å². The van der Waals surface area contributed by atoms with Crippen LogP contribution in [0.2, 0.25) is 0 Å². The Morgan fingerprint density at radius 2 is 0.537 bits per heavy atom. The number of ether oxygens (including phenoxy) is 12. The van der Waals surface area contributed by atoms with Gasteiger partial charge < -0.3 is 56.8 Å². The summed E-state index contributed by atoms with van der Waals surface area (Å²) in [5.74, 6) is -0.384. The number of unbranched alkanes of at least 4 members (excludes halogenated alkanes) is 12. The van der Waals surface area contributed by atoms with Gasteiger partial charge in [-0.25, -0.2) is 4.79 Å². The lowest BCUT2D eigenvalue weighted by Gasteiger charge is -2.19. The highest BCUT2D eigenvalue weighted by Gasteiger charge is 2.15. The van der Waals surface area contributed by atoms with E-state index in [0.29, 0.717) is 132 Å². The topological polar surface area (TPSA) is 128 Å². The Labute approximate surface area is 329 Å². The molecule has 0 heterocycles. The highest BCUT2D eigenvalue weighted by atomic mass is 16.6. The van der Waals surface area contributed by atoms with Crippen LogP contribution in [0, 0.1) is 0 Å². The molecule has 0 aromatic rings. The fourth-order valence-corrected chi connectivity index (χ4v) is 4.95. The molecule has 0 atom stereocenters. The Kier molecular flexibility index (Phi) is 43.9. The Morgan fingerprint density at radius 1 is 0.315 bits per heavy atom. The van der Waals surface area contributed by atoms with Crippen LogP contribution in [-0.4, -0.2) is 157 Å². The van der Waals surface area contributed by atoms with Gasteiger partial charge in [-0.3, -0.25) is 0 Å². The van der Waals surface area contributed by atoms with Crippen molar-refractivity contribution in [1.29, 1.82) is 0 Å². The van der Waals surface area contributed by atoms with Crippen molar-refractivity contribution in [3.63, 3.8) is 0 Å². The molecular formula is C41H82O13. The average molecular weight is 783 g/mol. The van der Waals surface area contributed by atoms with Crippen LogP contribution in [0.15, 0.2) is 0 Å². The molecule has 0 N–H and O–H groups in total. The van der Waals surface area contributed by atoms with Crippen molar-refractivity contribution >= 4 is 5.97 Å². The van der Waals surface area contributed by atoms with E-state index in [1.54, 1.807) is 0 Å². The van der Waals surface area contributed by atoms with Gasteiger partial charge in [-0.2, -0.15) is 0 Å². The van der Waals surface area contributed by atoms with E-state index in [4.69, 9.17) is 56.8 Å². The molecule has 0 saturated carbocycles. The van der Waals surface area contributed by atoms with Crippen molar-refractivity contribution in [1.82, 2.24) is 0 Å². The molecule has 0 bridgehead atoms. The van der Waals surface area contributed by atoms with Gasteiger partial charge in [0.25, 0.3) is 0 Å². The van der Waals surface area contributed by atoms with Gasteiger partial charge in [-0.15, -0.1) is 0 Å². The van der Waals surface area contributed by atoms with Gasteiger partial charge in [0.2, 0.25) is 0 Å². The SMILES string of the molecule is CCCCCCCCCCCCCCCOCCOCCOCCOCCOCCOCCOCCOCCOCCOCCOCC(=O)OC(C)(C)C. The highest BCUT2D eigenvalue weighted by Crippen LogP contribution is 2.12. The maximum Gasteiger partial charge on any atom is 0.332 e. The summed E-state index contributed by atoms with van der Waals surface area (Å²) in [6.45, 7) is 18.5. The number of hydrogen-bond acceptors (Lipinski definition) is 13. The third-order valence-electron chi connectivity index (χ3n) is 7.75. The lowest BCUT2D eigenvalue weighted by molar-refractivity contribution is -0.160. The minimum absolute atomic E-state index is 0.0806. The molecule has 0 saturated heterocycles. The van der Waals surface area contributed by atoms with E-state index < -0.39 is 5.60 Å². The molecule has 0 spiro atoms. The summed E-state index contributed by atoms with van der Waals surface area (Å²) >= 11 is 0. The molecule has 13 heteroatoms. The summed E-state index contributed by atoms with van der Waals surface area (Å²) in [6.07, 6.45) is 17.8. The van der Waals surface area contributed by atoms with Gasteiger partial charge in [0.15, 0.2) is 0 Å². The van der Waals surface area contributed by atoms with Gasteiger partial charge in [-0.05, 0) is 27.2 Å². The first-order chi connectivity index (χ1) is 26.5. The lowest BCUT2D eigenvalue weighted by Crippen LogP contribution is -2.27. The second-order valence-corrected chi connectivity index (χ2v) is 14.0. The van der Waals surface area contributed by atoms with Gasteiger partial charge in [0.1, 0.15) is 12.2 Å². The maximum absolute atomic E-state index is 11.5. The fraction of sp³-hybridized carbons (Fsp3) is 0.976. The second kappa shape index (κ2) is 44.7. The third kappa shape index (κ3) is 49.0. The predicted octanol–water partition coefficient (Wildman–Crippen LogP) is 6.60. The van der Waals surface area contributed by atoms with E-state index in [2.05, 4.69) is 6.92 Å². The van der Waals surface area contributed by atoms with Crippen LogP contribution < -0.4 is 0 Å². The number of carbonyl (C=O) groups excluding carboxylic acids is 1. The van der Waals surface area contributed by atoms with Crippen molar-refractivity contribution < 1.29 is 61.6 Å². The predicted molar refractivity (Wildman–Crippen MR) is 211 cm³/mol. The number of hydrogen-bond donors (Lipinski definition) is 0. The molecule has 0 aliphatic rings. The smallest absolute Gasteiger partial charge is 0.332 e. The summed E-state index contributed by atoms with van der Waals surface area (Å²) in [5, 5.41) is 0. The molecule has 0 aliphatic heterocycles. The molecule has 54 heavy (non-hydrogen) atoms. The first kappa shape index (κ1) is 53.0. The zero-order valence-corrected chi connectivity index (χ0v) is 35.1. The van der Waals surface area contributed by atoms with E-state index in [0.717, 1.165) is 13.0 Å². The molecule has 0 unspecified atom stereocenters. The van der Waals surface area contributed by atoms with Crippen molar-refractivity contribution in [2.75, 3.05) is 145 Å². The minimum Gasteiger partial charge on any atom is -0.458 e. The van der Waals surface area contributed by atoms with Crippen LogP contribution in [0.3, 0.4) is 0 Å². The minimum atomic E-state index is -0.509. The molecule has 0 radical (unpaired) electrons. The van der Waals surface area contributed by atoms with Crippen molar-refractivity contribution in [3.05, 3.63) is 0 Å². The molecule has 0 rings (SSSR count). The Bertz CT molecular complexity index is 724. The fourth-order valence-electron chi connectivity index (χ4n) is 4.95. The highest BCUT2D eigenvalue weighted by molar-refractivity contribution is 5.71. The molecule has 0 fully saturated rings. The van der Waals surface area contributed by atoms with E-state index in [1.807, 2.05) is 20.8 Å². The quantitative estimate of drug-likeness (QED) is 0.0487. The number of rotatable bonds is 46. The van der Waals surface area contributed by atoms with Gasteiger partial charge in [0, 0.05) is 6.61 Å². The van der Waals surface area contributed by atoms with E-state index in [9.17, 15) is 4.79 Å². The van der Waals surface area contributed by atoms with E-state index >= 15 is 0 Å². The van der Waals surface area contributed by atoms with Crippen LogP contribution in [-0.2, 0) is 61.6 Å². The molecular weight excluding hydrogens is 700 g/mol. The standard InChI is InChI=1S/C41H82O13/c1-5-6-7-8-9-10-11-12-13-14-15-16-17-18-43-19-20-44-21-22-45-23-24-46-25-26-47-27-28-48-29-30-49-31-32-50-33-34-51-35-36-52-37-38-53-39-40(42)54-41(2,3)4/h5-39H2,1-4H3. The van der Waals surface area contributed by atoms with Gasteiger partial charge >= 0.3 is 5.97 Å². The monoisotopic (exact) mass is 783 g/mol. The Morgan fingerprint density at radius 3 is 0.796 bits per heavy atom. The molecule has 0 aliphatic carbocycles. The molecule has 0 aromatic carbocycles. The Balaban J connectivity index is 3.09. The van der Waals surface area contributed by atoms with E-state index in [-0.39, 0.29) is 12.6 Å². The van der Waals surface area contributed by atoms with Crippen LogP contribution in [0.5, 0.6) is 0 Å². The van der Waals surface area contributed by atoms with E-state index in [1.165, 1.54) is 77.0 Å². The first-order valence-corrected chi connectivity index (χ1v) is 21.0. The summed E-state index contributed by atoms with van der Waals surface area (Å²) in [4.78, 5) is 11.5. The maximum atomic E-state index is 11.5. The average Bonchev–Trinajstić information content (AvgIpc) is 3.14. The zero-order chi connectivity index (χ0) is 39.3. The van der Waals surface area contributed by atoms with Crippen LogP contribution >= 0.6 is 0 Å². The Hall–Kier alpha value is -0.970. The summed E-state index contributed by atoms with van der Waals surface area (Å²) in [5.41, 5.74) is -0.509. The van der Waals surface area contributed by atoms with Crippen LogP contribution in [0.1, 0.15) is 111 Å². The normalized spacial score (nSPS) is 11.9. The van der Waals surface area contributed by atoms with Crippen molar-refractivity contribution in [2.24, 2.45) is 0 Å². The van der Waals surface area contributed by atoms with Gasteiger partial charge in [0.05, 0.1) is 132 Å². The number of esters is 1. The summed E-state index contributed by atoms with van der Waals surface area (Å²) in [7, 11) is 0. The largest absolute Gasteiger partial charge is 0.458 e. The van der Waals surface area contributed by atoms with Crippen LogP contribution in [0.25, 0.3) is 0 Å². The lowest BCUT2D eigenvalue weighted by atomic mass is 10.0. The number of carbonyl (C=O) groups is 1.